The Hall–Kier alpha value is -3.65. The molecule has 6 rings (SSSR count). The summed E-state index contributed by atoms with van der Waals surface area (Å²) >= 11 is 0. The molecule has 0 spiro atoms. The Bertz CT molecular complexity index is 1710. The molecule has 43 heavy (non-hydrogen) atoms. The second-order valence-electron chi connectivity index (χ2n) is 11.2. The fraction of sp³-hybridized carbons (Fsp3) is 0.367. The first-order valence-electron chi connectivity index (χ1n) is 14.0. The highest BCUT2D eigenvalue weighted by molar-refractivity contribution is 8.22. The Kier molecular flexibility index (Phi) is 7.40. The number of rotatable bonds is 6. The van der Waals surface area contributed by atoms with E-state index in [0.29, 0.717) is 28.1 Å². The maximum atomic E-state index is 13.4. The molecule has 0 radical (unpaired) electrons. The van der Waals surface area contributed by atoms with Crippen molar-refractivity contribution in [3.63, 3.8) is 0 Å². The lowest BCUT2D eigenvalue weighted by molar-refractivity contribution is -0.145. The van der Waals surface area contributed by atoms with Crippen LogP contribution in [0.4, 0.5) is 18.9 Å². The maximum absolute atomic E-state index is 13.4. The van der Waals surface area contributed by atoms with Crippen molar-refractivity contribution in [3.8, 4) is 0 Å². The van der Waals surface area contributed by atoms with Crippen LogP contribution in [-0.4, -0.2) is 58.2 Å². The van der Waals surface area contributed by atoms with Crippen molar-refractivity contribution in [2.75, 3.05) is 18.0 Å². The van der Waals surface area contributed by atoms with Gasteiger partial charge in [0, 0.05) is 37.8 Å². The molecule has 1 unspecified atom stereocenters. The highest BCUT2D eigenvalue weighted by atomic mass is 32.3. The fourth-order valence-corrected chi connectivity index (χ4v) is 8.12. The number of benzene rings is 2. The number of aliphatic carboxylic acids is 1. The summed E-state index contributed by atoms with van der Waals surface area (Å²) in [7, 11) is -3.33. The summed E-state index contributed by atoms with van der Waals surface area (Å²) < 4.78 is 66.2. The van der Waals surface area contributed by atoms with E-state index in [1.807, 2.05) is 37.3 Å². The molecule has 1 saturated heterocycles. The Balaban J connectivity index is 1.39. The molecular formula is C30H32F3N5O4S. The zero-order chi connectivity index (χ0) is 30.7. The van der Waals surface area contributed by atoms with Crippen LogP contribution in [0.1, 0.15) is 58.8 Å². The Labute approximate surface area is 248 Å². The van der Waals surface area contributed by atoms with E-state index < -0.39 is 34.7 Å². The average Bonchev–Trinajstić information content (AvgIpc) is 3.59. The Morgan fingerprint density at radius 1 is 1.12 bits per heavy atom. The van der Waals surface area contributed by atoms with Gasteiger partial charge in [-0.25, -0.2) is 0 Å². The smallest absolute Gasteiger partial charge is 0.452 e. The zero-order valence-electron chi connectivity index (χ0n) is 23.6. The standard InChI is InChI=1S/C30H32F3N5O4S/c1-18-9-10-20(24(15-27(39)40)23-11-13-38-28(19(23)2)34-35-29(38)30(31,32)33)14-21(18)16-36-17-22-6-5-12-37(22)25-7-3-4-8-26(25)43(36,41)42/h3-4,7-11,13-14,22,24,41-42H,5-6,12,15-17H2,1-2H3,(H,39,40)/t22-,24?/m1/s1. The first kappa shape index (κ1) is 29.4. The van der Waals surface area contributed by atoms with E-state index in [1.165, 1.54) is 12.3 Å². The number of carboxylic acids is 1. The first-order chi connectivity index (χ1) is 20.4. The van der Waals surface area contributed by atoms with Gasteiger partial charge in [0.15, 0.2) is 5.65 Å². The molecule has 0 aliphatic carbocycles. The monoisotopic (exact) mass is 615 g/mol. The van der Waals surface area contributed by atoms with Crippen LogP contribution in [0.15, 0.2) is 59.6 Å². The number of fused-ring (bicyclic) bond motifs is 4. The SMILES string of the molecule is Cc1ccc(C(CC(=O)O)c2ccn3c(C(F)(F)F)nnc3c2C)cc1CN1C[C@H]2CCCN2c2ccccc2S1(O)O. The summed E-state index contributed by atoms with van der Waals surface area (Å²) in [4.78, 5) is 14.8. The number of anilines is 1. The first-order valence-corrected chi connectivity index (χ1v) is 15.5. The minimum atomic E-state index is -4.69. The third-order valence-electron chi connectivity index (χ3n) is 8.62. The summed E-state index contributed by atoms with van der Waals surface area (Å²) in [5.74, 6) is -2.91. The quantitative estimate of drug-likeness (QED) is 0.226. The van der Waals surface area contributed by atoms with Crippen LogP contribution in [0.3, 0.4) is 0 Å². The minimum absolute atomic E-state index is 0.00541. The minimum Gasteiger partial charge on any atom is -0.481 e. The summed E-state index contributed by atoms with van der Waals surface area (Å²) in [6, 6.07) is 14.6. The largest absolute Gasteiger partial charge is 0.481 e. The van der Waals surface area contributed by atoms with Crippen molar-refractivity contribution in [1.82, 2.24) is 18.9 Å². The van der Waals surface area contributed by atoms with Crippen molar-refractivity contribution in [3.05, 3.63) is 88.4 Å². The van der Waals surface area contributed by atoms with Gasteiger partial charge >= 0.3 is 12.1 Å². The lowest BCUT2D eigenvalue weighted by Gasteiger charge is -2.42. The molecule has 2 atom stereocenters. The number of hydrogen-bond donors (Lipinski definition) is 3. The molecule has 13 heteroatoms. The van der Waals surface area contributed by atoms with Crippen LogP contribution in [0, 0.1) is 13.8 Å². The molecule has 4 heterocycles. The lowest BCUT2D eigenvalue weighted by atomic mass is 9.85. The van der Waals surface area contributed by atoms with Crippen molar-refractivity contribution in [2.45, 2.75) is 62.7 Å². The Morgan fingerprint density at radius 3 is 2.63 bits per heavy atom. The van der Waals surface area contributed by atoms with E-state index >= 15 is 0 Å². The number of carboxylic acid groups (broad SMARTS) is 1. The second kappa shape index (κ2) is 10.8. The third kappa shape index (κ3) is 5.24. The van der Waals surface area contributed by atoms with E-state index in [-0.39, 0.29) is 24.7 Å². The molecule has 1 fully saturated rings. The van der Waals surface area contributed by atoms with E-state index in [9.17, 15) is 32.2 Å². The molecule has 2 aromatic carbocycles. The van der Waals surface area contributed by atoms with Crippen molar-refractivity contribution in [1.29, 1.82) is 0 Å². The number of para-hydroxylation sites is 1. The number of halogens is 3. The van der Waals surface area contributed by atoms with Crippen LogP contribution in [0.2, 0.25) is 0 Å². The molecule has 9 nitrogen and oxygen atoms in total. The molecule has 2 aliphatic rings. The van der Waals surface area contributed by atoms with Gasteiger partial charge in [0.2, 0.25) is 5.82 Å². The van der Waals surface area contributed by atoms with Crippen molar-refractivity contribution in [2.24, 2.45) is 0 Å². The molecule has 2 aliphatic heterocycles. The van der Waals surface area contributed by atoms with Crippen LogP contribution >= 0.6 is 10.8 Å². The molecule has 0 bridgehead atoms. The van der Waals surface area contributed by atoms with Gasteiger partial charge in [-0.3, -0.25) is 18.3 Å². The molecule has 0 saturated carbocycles. The molecule has 3 N–H and O–H groups in total. The van der Waals surface area contributed by atoms with Crippen LogP contribution in [0.25, 0.3) is 5.65 Å². The van der Waals surface area contributed by atoms with Gasteiger partial charge in [-0.2, -0.15) is 17.5 Å². The van der Waals surface area contributed by atoms with Crippen LogP contribution in [0.5, 0.6) is 0 Å². The molecule has 228 valence electrons. The summed E-state index contributed by atoms with van der Waals surface area (Å²) in [5, 5.41) is 16.9. The topological polar surface area (TPSA) is 114 Å². The summed E-state index contributed by atoms with van der Waals surface area (Å²) in [5.41, 5.74) is 4.13. The van der Waals surface area contributed by atoms with Crippen molar-refractivity contribution < 1.29 is 32.2 Å². The highest BCUT2D eigenvalue weighted by Gasteiger charge is 2.40. The van der Waals surface area contributed by atoms with E-state index in [2.05, 4.69) is 15.1 Å². The highest BCUT2D eigenvalue weighted by Crippen LogP contribution is 2.58. The van der Waals surface area contributed by atoms with Crippen molar-refractivity contribution >= 4 is 28.1 Å². The lowest BCUT2D eigenvalue weighted by Crippen LogP contribution is -2.38. The predicted molar refractivity (Wildman–Crippen MR) is 156 cm³/mol. The van der Waals surface area contributed by atoms with Gasteiger partial charge in [-0.15, -0.1) is 21.0 Å². The number of alkyl halides is 3. The normalized spacial score (nSPS) is 20.0. The number of nitrogens with zero attached hydrogens (tertiary/aromatic N) is 5. The van der Waals surface area contributed by atoms with Crippen LogP contribution in [-0.2, 0) is 17.5 Å². The summed E-state index contributed by atoms with van der Waals surface area (Å²) in [6.45, 7) is 5.04. The maximum Gasteiger partial charge on any atom is 0.452 e. The van der Waals surface area contributed by atoms with Gasteiger partial charge in [0.25, 0.3) is 0 Å². The van der Waals surface area contributed by atoms with Gasteiger partial charge in [-0.1, -0.05) is 30.3 Å². The van der Waals surface area contributed by atoms with Gasteiger partial charge in [0.1, 0.15) is 0 Å². The third-order valence-corrected chi connectivity index (χ3v) is 10.6. The molecule has 0 amide bonds. The number of hydrogen-bond acceptors (Lipinski definition) is 7. The average molecular weight is 616 g/mol. The fourth-order valence-electron chi connectivity index (χ4n) is 6.42. The molecule has 4 aromatic rings. The second-order valence-corrected chi connectivity index (χ2v) is 13.2. The van der Waals surface area contributed by atoms with E-state index in [0.717, 1.165) is 40.6 Å². The van der Waals surface area contributed by atoms with Gasteiger partial charge in [0.05, 0.1) is 17.0 Å². The molecule has 2 aromatic heterocycles. The summed E-state index contributed by atoms with van der Waals surface area (Å²) in [6.07, 6.45) is -1.83. The number of aromatic nitrogens is 3. The molecular weight excluding hydrogens is 583 g/mol. The number of aryl methyl sites for hydroxylation is 2. The Morgan fingerprint density at radius 2 is 1.88 bits per heavy atom. The van der Waals surface area contributed by atoms with Gasteiger partial charge < -0.3 is 10.0 Å². The van der Waals surface area contributed by atoms with Crippen LogP contribution < -0.4 is 4.90 Å². The predicted octanol–water partition coefficient (Wildman–Crippen LogP) is 6.48. The van der Waals surface area contributed by atoms with E-state index in [4.69, 9.17) is 0 Å². The van der Waals surface area contributed by atoms with Gasteiger partial charge in [-0.05, 0) is 72.7 Å². The zero-order valence-corrected chi connectivity index (χ0v) is 24.4. The van der Waals surface area contributed by atoms with E-state index in [1.54, 1.807) is 23.4 Å². The number of carbonyl (C=O) groups is 1. The number of pyridine rings is 1.